The zero-order valence-electron chi connectivity index (χ0n) is 10.6. The summed E-state index contributed by atoms with van der Waals surface area (Å²) in [6, 6.07) is 5.33. The second kappa shape index (κ2) is 5.34. The standard InChI is InChI=1S/C13H17N3O2/c1-13(2)9-15-7-11(18-13)8-17-12-5-10(6-14)3-4-16-12/h3-5,11,15H,7-9H2,1-2H3. The number of nitrogens with one attached hydrogen (secondary N) is 1. The topological polar surface area (TPSA) is 67.2 Å². The molecule has 2 rings (SSSR count). The minimum absolute atomic E-state index is 0.00120. The van der Waals surface area contributed by atoms with Gasteiger partial charge in [-0.25, -0.2) is 4.98 Å². The van der Waals surface area contributed by atoms with Crippen molar-refractivity contribution in [3.05, 3.63) is 23.9 Å². The Kier molecular flexibility index (Phi) is 3.80. The number of pyridine rings is 1. The van der Waals surface area contributed by atoms with Gasteiger partial charge in [0.05, 0.1) is 17.2 Å². The number of hydrogen-bond donors (Lipinski definition) is 1. The molecule has 5 nitrogen and oxygen atoms in total. The molecule has 0 amide bonds. The number of ether oxygens (including phenoxy) is 2. The van der Waals surface area contributed by atoms with Crippen LogP contribution in [-0.2, 0) is 4.74 Å². The average Bonchev–Trinajstić information content (AvgIpc) is 2.35. The van der Waals surface area contributed by atoms with Crippen molar-refractivity contribution in [1.82, 2.24) is 10.3 Å². The molecule has 5 heteroatoms. The second-order valence-electron chi connectivity index (χ2n) is 4.94. The summed E-state index contributed by atoms with van der Waals surface area (Å²) < 4.78 is 11.4. The highest BCUT2D eigenvalue weighted by atomic mass is 16.6. The van der Waals surface area contributed by atoms with Crippen molar-refractivity contribution >= 4 is 0 Å². The molecule has 1 aliphatic heterocycles. The molecule has 1 aromatic heterocycles. The van der Waals surface area contributed by atoms with Gasteiger partial charge in [0, 0.05) is 25.4 Å². The molecule has 2 heterocycles. The fourth-order valence-electron chi connectivity index (χ4n) is 1.90. The van der Waals surface area contributed by atoms with Gasteiger partial charge in [-0.05, 0) is 19.9 Å². The zero-order chi connectivity index (χ0) is 13.0. The Bertz CT molecular complexity index is 454. The van der Waals surface area contributed by atoms with Gasteiger partial charge >= 0.3 is 0 Å². The van der Waals surface area contributed by atoms with Crippen LogP contribution in [0.2, 0.25) is 0 Å². The summed E-state index contributed by atoms with van der Waals surface area (Å²) in [4.78, 5) is 4.06. The molecule has 1 aromatic rings. The summed E-state index contributed by atoms with van der Waals surface area (Å²) in [5.74, 6) is 0.459. The molecule has 1 fully saturated rings. The maximum absolute atomic E-state index is 8.78. The molecule has 96 valence electrons. The van der Waals surface area contributed by atoms with Crippen LogP contribution in [0.5, 0.6) is 5.88 Å². The van der Waals surface area contributed by atoms with Crippen LogP contribution in [-0.4, -0.2) is 36.4 Å². The van der Waals surface area contributed by atoms with Gasteiger partial charge in [0.1, 0.15) is 12.7 Å². The summed E-state index contributed by atoms with van der Waals surface area (Å²) in [6.45, 7) is 6.12. The van der Waals surface area contributed by atoms with E-state index in [1.165, 1.54) is 0 Å². The van der Waals surface area contributed by atoms with Gasteiger partial charge in [0.15, 0.2) is 0 Å². The van der Waals surface area contributed by atoms with Crippen molar-refractivity contribution in [2.24, 2.45) is 0 Å². The van der Waals surface area contributed by atoms with E-state index in [4.69, 9.17) is 14.7 Å². The van der Waals surface area contributed by atoms with E-state index in [9.17, 15) is 0 Å². The molecule has 0 aliphatic carbocycles. The van der Waals surface area contributed by atoms with E-state index >= 15 is 0 Å². The van der Waals surface area contributed by atoms with Gasteiger partial charge in [0.25, 0.3) is 0 Å². The minimum Gasteiger partial charge on any atom is -0.475 e. The zero-order valence-corrected chi connectivity index (χ0v) is 10.6. The average molecular weight is 247 g/mol. The van der Waals surface area contributed by atoms with Crippen molar-refractivity contribution in [3.8, 4) is 11.9 Å². The van der Waals surface area contributed by atoms with E-state index in [1.54, 1.807) is 18.3 Å². The third-order valence-electron chi connectivity index (χ3n) is 2.69. The van der Waals surface area contributed by atoms with E-state index in [-0.39, 0.29) is 11.7 Å². The number of aromatic nitrogens is 1. The minimum atomic E-state index is -0.172. The van der Waals surface area contributed by atoms with E-state index in [0.717, 1.165) is 13.1 Å². The van der Waals surface area contributed by atoms with Gasteiger partial charge in [-0.15, -0.1) is 0 Å². The maximum atomic E-state index is 8.78. The molecular formula is C13H17N3O2. The van der Waals surface area contributed by atoms with Crippen molar-refractivity contribution in [3.63, 3.8) is 0 Å². The smallest absolute Gasteiger partial charge is 0.214 e. The van der Waals surface area contributed by atoms with Crippen LogP contribution in [0.3, 0.4) is 0 Å². The van der Waals surface area contributed by atoms with E-state index in [1.807, 2.05) is 13.8 Å². The molecular weight excluding hydrogens is 230 g/mol. The Labute approximate surface area is 107 Å². The largest absolute Gasteiger partial charge is 0.475 e. The number of nitriles is 1. The van der Waals surface area contributed by atoms with Gasteiger partial charge in [0.2, 0.25) is 5.88 Å². The quantitative estimate of drug-likeness (QED) is 0.866. The van der Waals surface area contributed by atoms with Crippen LogP contribution in [0.1, 0.15) is 19.4 Å². The number of nitrogens with zero attached hydrogens (tertiary/aromatic N) is 2. The lowest BCUT2D eigenvalue weighted by Gasteiger charge is -2.36. The molecule has 1 atom stereocenters. The number of rotatable bonds is 3. The predicted molar refractivity (Wildman–Crippen MR) is 66.3 cm³/mol. The fourth-order valence-corrected chi connectivity index (χ4v) is 1.90. The maximum Gasteiger partial charge on any atom is 0.214 e. The first-order chi connectivity index (χ1) is 8.59. The number of morpholine rings is 1. The molecule has 0 spiro atoms. The van der Waals surface area contributed by atoms with Gasteiger partial charge in [-0.1, -0.05) is 0 Å². The second-order valence-corrected chi connectivity index (χ2v) is 4.94. The Morgan fingerprint density at radius 3 is 3.22 bits per heavy atom. The molecule has 0 saturated carbocycles. The lowest BCUT2D eigenvalue weighted by Crippen LogP contribution is -2.52. The monoisotopic (exact) mass is 247 g/mol. The number of hydrogen-bond acceptors (Lipinski definition) is 5. The van der Waals surface area contributed by atoms with Crippen LogP contribution in [0, 0.1) is 11.3 Å². The first-order valence-corrected chi connectivity index (χ1v) is 5.96. The van der Waals surface area contributed by atoms with Gasteiger partial charge in [-0.3, -0.25) is 0 Å². The third kappa shape index (κ3) is 3.42. The third-order valence-corrected chi connectivity index (χ3v) is 2.69. The van der Waals surface area contributed by atoms with Crippen molar-refractivity contribution in [1.29, 1.82) is 5.26 Å². The molecule has 0 bridgehead atoms. The first-order valence-electron chi connectivity index (χ1n) is 5.96. The highest BCUT2D eigenvalue weighted by Crippen LogP contribution is 2.16. The lowest BCUT2D eigenvalue weighted by molar-refractivity contribution is -0.107. The highest BCUT2D eigenvalue weighted by Gasteiger charge is 2.28. The molecule has 1 N–H and O–H groups in total. The summed E-state index contributed by atoms with van der Waals surface area (Å²) in [5.41, 5.74) is 0.372. The van der Waals surface area contributed by atoms with Crippen molar-refractivity contribution in [2.45, 2.75) is 25.6 Å². The summed E-state index contributed by atoms with van der Waals surface area (Å²) in [6.07, 6.45) is 1.57. The summed E-state index contributed by atoms with van der Waals surface area (Å²) in [5, 5.41) is 12.1. The van der Waals surface area contributed by atoms with E-state index in [2.05, 4.69) is 16.4 Å². The van der Waals surface area contributed by atoms with E-state index < -0.39 is 0 Å². The van der Waals surface area contributed by atoms with Crippen LogP contribution in [0.25, 0.3) is 0 Å². The molecule has 1 unspecified atom stereocenters. The Hall–Kier alpha value is -1.64. The van der Waals surface area contributed by atoms with Crippen molar-refractivity contribution < 1.29 is 9.47 Å². The summed E-state index contributed by atoms with van der Waals surface area (Å²) in [7, 11) is 0. The molecule has 18 heavy (non-hydrogen) atoms. The van der Waals surface area contributed by atoms with Gasteiger partial charge in [-0.2, -0.15) is 5.26 Å². The van der Waals surface area contributed by atoms with Crippen LogP contribution in [0.15, 0.2) is 18.3 Å². The molecule has 1 saturated heterocycles. The highest BCUT2D eigenvalue weighted by molar-refractivity contribution is 5.31. The molecule has 0 radical (unpaired) electrons. The Morgan fingerprint density at radius 1 is 1.67 bits per heavy atom. The predicted octanol–water partition coefficient (Wildman–Crippen LogP) is 1.10. The van der Waals surface area contributed by atoms with Crippen molar-refractivity contribution in [2.75, 3.05) is 19.7 Å². The SMILES string of the molecule is CC1(C)CNCC(COc2cc(C#N)ccn2)O1. The van der Waals surface area contributed by atoms with Crippen LogP contribution in [0.4, 0.5) is 0 Å². The fraction of sp³-hybridized carbons (Fsp3) is 0.538. The van der Waals surface area contributed by atoms with Crippen LogP contribution >= 0.6 is 0 Å². The molecule has 1 aliphatic rings. The van der Waals surface area contributed by atoms with Gasteiger partial charge < -0.3 is 14.8 Å². The Morgan fingerprint density at radius 2 is 2.50 bits per heavy atom. The Balaban J connectivity index is 1.89. The van der Waals surface area contributed by atoms with E-state index in [0.29, 0.717) is 18.1 Å². The summed E-state index contributed by atoms with van der Waals surface area (Å²) >= 11 is 0. The molecule has 0 aromatic carbocycles. The van der Waals surface area contributed by atoms with Crippen LogP contribution < -0.4 is 10.1 Å². The normalized spacial score (nSPS) is 22.2. The first kappa shape index (κ1) is 12.8. The lowest BCUT2D eigenvalue weighted by atomic mass is 10.1.